The molecular weight excluding hydrogens is 399 g/mol. The number of halogens is 3. The maximum Gasteiger partial charge on any atom is 0.0919 e. The fourth-order valence-corrected chi connectivity index (χ4v) is 3.22. The number of hydrogen-bond donors (Lipinski definition) is 1. The Morgan fingerprint density at radius 3 is 2.43 bits per heavy atom. The summed E-state index contributed by atoms with van der Waals surface area (Å²) in [5, 5.41) is 15.2. The molecule has 0 aliphatic heterocycles. The maximum absolute atomic E-state index is 9.57. The number of rotatable bonds is 3. The fraction of sp³-hybridized carbons (Fsp3) is 0.118. The van der Waals surface area contributed by atoms with Crippen LogP contribution >= 0.6 is 39.1 Å². The Morgan fingerprint density at radius 1 is 1.13 bits per heavy atom. The lowest BCUT2D eigenvalue weighted by Gasteiger charge is -2.11. The summed E-state index contributed by atoms with van der Waals surface area (Å²) in [5.74, 6) is 0. The van der Waals surface area contributed by atoms with Crippen molar-refractivity contribution in [3.63, 3.8) is 0 Å². The van der Waals surface area contributed by atoms with Crippen LogP contribution < -0.4 is 0 Å². The molecule has 0 bridgehead atoms. The summed E-state index contributed by atoms with van der Waals surface area (Å²) in [6.07, 6.45) is 0. The second kappa shape index (κ2) is 6.65. The van der Waals surface area contributed by atoms with Crippen molar-refractivity contribution >= 4 is 39.1 Å². The van der Waals surface area contributed by atoms with E-state index in [4.69, 9.17) is 23.2 Å². The molecule has 1 aromatic heterocycles. The molecule has 0 atom stereocenters. The van der Waals surface area contributed by atoms with Gasteiger partial charge in [0.2, 0.25) is 0 Å². The van der Waals surface area contributed by atoms with Gasteiger partial charge in [0, 0.05) is 20.6 Å². The van der Waals surface area contributed by atoms with Gasteiger partial charge in [0.15, 0.2) is 0 Å². The summed E-state index contributed by atoms with van der Waals surface area (Å²) in [4.78, 5) is 0. The molecule has 1 heterocycles. The highest BCUT2D eigenvalue weighted by atomic mass is 79.9. The van der Waals surface area contributed by atoms with Gasteiger partial charge in [0.25, 0.3) is 0 Å². The van der Waals surface area contributed by atoms with E-state index in [9.17, 15) is 5.11 Å². The smallest absolute Gasteiger partial charge is 0.0919 e. The van der Waals surface area contributed by atoms with Crippen LogP contribution in [-0.4, -0.2) is 14.9 Å². The van der Waals surface area contributed by atoms with Crippen molar-refractivity contribution in [2.24, 2.45) is 0 Å². The number of benzene rings is 2. The predicted molar refractivity (Wildman–Crippen MR) is 97.4 cm³/mol. The van der Waals surface area contributed by atoms with Gasteiger partial charge in [-0.25, -0.2) is 4.68 Å². The lowest BCUT2D eigenvalue weighted by Crippen LogP contribution is -2.01. The van der Waals surface area contributed by atoms with Crippen molar-refractivity contribution in [2.75, 3.05) is 0 Å². The Kier molecular flexibility index (Phi) is 4.78. The van der Waals surface area contributed by atoms with Gasteiger partial charge < -0.3 is 5.11 Å². The third kappa shape index (κ3) is 3.17. The SMILES string of the molecule is Cc1c(CO)nn(-c2ccc(Cl)cc2Cl)c1-c1ccc(Br)cc1. The van der Waals surface area contributed by atoms with E-state index in [1.807, 2.05) is 37.3 Å². The minimum absolute atomic E-state index is 0.131. The van der Waals surface area contributed by atoms with Crippen molar-refractivity contribution < 1.29 is 5.11 Å². The molecule has 2 aromatic carbocycles. The first-order valence-electron chi connectivity index (χ1n) is 6.92. The molecule has 0 unspecified atom stereocenters. The molecule has 6 heteroatoms. The monoisotopic (exact) mass is 410 g/mol. The maximum atomic E-state index is 9.57. The quantitative estimate of drug-likeness (QED) is 0.625. The van der Waals surface area contributed by atoms with Crippen LogP contribution in [0.25, 0.3) is 16.9 Å². The van der Waals surface area contributed by atoms with Crippen LogP contribution in [0.3, 0.4) is 0 Å². The minimum Gasteiger partial charge on any atom is -0.390 e. The van der Waals surface area contributed by atoms with Gasteiger partial charge in [-0.3, -0.25) is 0 Å². The Balaban J connectivity index is 2.26. The molecule has 0 spiro atoms. The molecular formula is C17H13BrCl2N2O. The molecule has 0 radical (unpaired) electrons. The molecule has 0 saturated carbocycles. The van der Waals surface area contributed by atoms with E-state index in [-0.39, 0.29) is 6.61 Å². The van der Waals surface area contributed by atoms with Crippen LogP contribution in [0.4, 0.5) is 0 Å². The molecule has 1 N–H and O–H groups in total. The van der Waals surface area contributed by atoms with Gasteiger partial charge in [-0.2, -0.15) is 5.10 Å². The van der Waals surface area contributed by atoms with E-state index in [1.165, 1.54) is 0 Å². The van der Waals surface area contributed by atoms with Crippen LogP contribution in [0, 0.1) is 6.92 Å². The molecule has 0 aliphatic carbocycles. The zero-order valence-electron chi connectivity index (χ0n) is 12.2. The standard InChI is InChI=1S/C17H13BrCl2N2O/c1-10-15(9-23)21-22(16-7-6-13(19)8-14(16)20)17(10)11-2-4-12(18)5-3-11/h2-8,23H,9H2,1H3. The molecule has 0 saturated heterocycles. The summed E-state index contributed by atoms with van der Waals surface area (Å²) in [6.45, 7) is 1.81. The third-order valence-corrected chi connectivity index (χ3v) is 4.69. The molecule has 118 valence electrons. The molecule has 0 amide bonds. The zero-order valence-corrected chi connectivity index (χ0v) is 15.3. The number of aromatic nitrogens is 2. The second-order valence-electron chi connectivity index (χ2n) is 5.09. The van der Waals surface area contributed by atoms with E-state index in [0.29, 0.717) is 15.7 Å². The van der Waals surface area contributed by atoms with Crippen molar-refractivity contribution in [2.45, 2.75) is 13.5 Å². The first kappa shape index (κ1) is 16.5. The first-order valence-corrected chi connectivity index (χ1v) is 8.47. The van der Waals surface area contributed by atoms with Crippen LogP contribution in [0.5, 0.6) is 0 Å². The highest BCUT2D eigenvalue weighted by molar-refractivity contribution is 9.10. The Labute approximate surface area is 152 Å². The number of aliphatic hydroxyl groups is 1. The van der Waals surface area contributed by atoms with E-state index >= 15 is 0 Å². The second-order valence-corrected chi connectivity index (χ2v) is 6.85. The van der Waals surface area contributed by atoms with Gasteiger partial charge in [-0.15, -0.1) is 0 Å². The third-order valence-electron chi connectivity index (χ3n) is 3.63. The van der Waals surface area contributed by atoms with E-state index < -0.39 is 0 Å². The molecule has 3 aromatic rings. The van der Waals surface area contributed by atoms with Crippen molar-refractivity contribution in [1.29, 1.82) is 0 Å². The number of hydrogen-bond acceptors (Lipinski definition) is 2. The summed E-state index contributed by atoms with van der Waals surface area (Å²) in [6, 6.07) is 13.2. The molecule has 0 aliphatic rings. The summed E-state index contributed by atoms with van der Waals surface area (Å²) >= 11 is 15.8. The Morgan fingerprint density at radius 2 is 1.83 bits per heavy atom. The van der Waals surface area contributed by atoms with E-state index in [1.54, 1.807) is 16.8 Å². The van der Waals surface area contributed by atoms with Crippen LogP contribution in [-0.2, 0) is 6.61 Å². The summed E-state index contributed by atoms with van der Waals surface area (Å²) in [7, 11) is 0. The Hall–Kier alpha value is -1.33. The fourth-order valence-electron chi connectivity index (χ4n) is 2.47. The average Bonchev–Trinajstić information content (AvgIpc) is 2.85. The number of aliphatic hydroxyl groups excluding tert-OH is 1. The van der Waals surface area contributed by atoms with Gasteiger partial charge in [0.05, 0.1) is 28.7 Å². The lowest BCUT2D eigenvalue weighted by atomic mass is 10.1. The molecule has 3 rings (SSSR count). The van der Waals surface area contributed by atoms with Crippen LogP contribution in [0.15, 0.2) is 46.9 Å². The topological polar surface area (TPSA) is 38.1 Å². The van der Waals surface area contributed by atoms with Crippen molar-refractivity contribution in [3.05, 3.63) is 68.2 Å². The summed E-state index contributed by atoms with van der Waals surface area (Å²) in [5.41, 5.74) is 4.14. The predicted octanol–water partition coefficient (Wildman–Crippen LogP) is 5.41. The van der Waals surface area contributed by atoms with Gasteiger partial charge in [-0.1, -0.05) is 51.3 Å². The normalized spacial score (nSPS) is 11.0. The molecule has 0 fully saturated rings. The number of nitrogens with zero attached hydrogens (tertiary/aromatic N) is 2. The van der Waals surface area contributed by atoms with E-state index in [0.717, 1.165) is 27.0 Å². The minimum atomic E-state index is -0.131. The van der Waals surface area contributed by atoms with Crippen molar-refractivity contribution in [1.82, 2.24) is 9.78 Å². The highest BCUT2D eigenvalue weighted by Crippen LogP contribution is 2.33. The summed E-state index contributed by atoms with van der Waals surface area (Å²) < 4.78 is 2.75. The lowest BCUT2D eigenvalue weighted by molar-refractivity contribution is 0.275. The largest absolute Gasteiger partial charge is 0.390 e. The van der Waals surface area contributed by atoms with Crippen molar-refractivity contribution in [3.8, 4) is 16.9 Å². The average molecular weight is 412 g/mol. The molecule has 23 heavy (non-hydrogen) atoms. The first-order chi connectivity index (χ1) is 11.0. The van der Waals surface area contributed by atoms with E-state index in [2.05, 4.69) is 21.0 Å². The van der Waals surface area contributed by atoms with Crippen LogP contribution in [0.2, 0.25) is 10.0 Å². The zero-order chi connectivity index (χ0) is 16.6. The van der Waals surface area contributed by atoms with Crippen LogP contribution in [0.1, 0.15) is 11.3 Å². The Bertz CT molecular complexity index is 860. The van der Waals surface area contributed by atoms with Gasteiger partial charge in [-0.05, 0) is 37.3 Å². The van der Waals surface area contributed by atoms with Gasteiger partial charge in [0.1, 0.15) is 0 Å². The van der Waals surface area contributed by atoms with Gasteiger partial charge >= 0.3 is 0 Å². The highest BCUT2D eigenvalue weighted by Gasteiger charge is 2.18. The molecule has 3 nitrogen and oxygen atoms in total.